The Kier molecular flexibility index (Phi) is 4.87. The third-order valence-electron chi connectivity index (χ3n) is 3.93. The van der Waals surface area contributed by atoms with Gasteiger partial charge in [0, 0.05) is 7.11 Å². The molecule has 132 valence electrons. The number of amidine groups is 1. The second-order valence-corrected chi connectivity index (χ2v) is 5.45. The van der Waals surface area contributed by atoms with Gasteiger partial charge in [-0.15, -0.1) is 0 Å². The van der Waals surface area contributed by atoms with Gasteiger partial charge in [0.25, 0.3) is 5.91 Å². The molecule has 0 spiro atoms. The summed E-state index contributed by atoms with van der Waals surface area (Å²) < 4.78 is 16.2. The average molecular weight is 341 g/mol. The van der Waals surface area contributed by atoms with Crippen LogP contribution in [0.25, 0.3) is 0 Å². The molecule has 3 heterocycles. The van der Waals surface area contributed by atoms with E-state index in [9.17, 15) is 15.0 Å². The maximum Gasteiger partial charge on any atom is 0.259 e. The van der Waals surface area contributed by atoms with E-state index in [1.165, 1.54) is 18.3 Å². The molecule has 0 aromatic carbocycles. The summed E-state index contributed by atoms with van der Waals surface area (Å²) in [6, 6.07) is -0.868. The van der Waals surface area contributed by atoms with Crippen molar-refractivity contribution in [1.29, 1.82) is 5.41 Å². The number of ether oxygens (including phenoxy) is 3. The molecule has 0 aromatic heterocycles. The summed E-state index contributed by atoms with van der Waals surface area (Å²) in [6.07, 6.45) is -2.18. The van der Waals surface area contributed by atoms with Crippen molar-refractivity contribution in [3.63, 3.8) is 0 Å². The smallest absolute Gasteiger partial charge is 0.259 e. The minimum absolute atomic E-state index is 0.216. The minimum atomic E-state index is -1.07. The number of fused-ring (bicyclic) bond motifs is 1. The number of carbonyl (C=O) groups excluding carboxylic acids is 1. The van der Waals surface area contributed by atoms with E-state index < -0.39 is 36.5 Å². The molecule has 3 aliphatic heterocycles. The van der Waals surface area contributed by atoms with Gasteiger partial charge in [-0.1, -0.05) is 0 Å². The summed E-state index contributed by atoms with van der Waals surface area (Å²) in [4.78, 5) is 21.4. The molecule has 1 amide bonds. The van der Waals surface area contributed by atoms with Crippen molar-refractivity contribution in [3.8, 4) is 0 Å². The predicted octanol–water partition coefficient (Wildman–Crippen LogP) is -2.73. The van der Waals surface area contributed by atoms with Crippen LogP contribution in [0.15, 0.2) is 9.98 Å². The average Bonchev–Trinajstić information content (AvgIpc) is 3.09. The second kappa shape index (κ2) is 6.91. The lowest BCUT2D eigenvalue weighted by Gasteiger charge is -2.30. The van der Waals surface area contributed by atoms with E-state index in [1.54, 1.807) is 0 Å². The Hall–Kier alpha value is -1.92. The molecule has 1 saturated heterocycles. The fourth-order valence-corrected chi connectivity index (χ4v) is 2.77. The molecule has 5 atom stereocenters. The number of aliphatic hydroxyl groups is 2. The number of hydrogen-bond acceptors (Lipinski definition) is 9. The first kappa shape index (κ1) is 16.9. The van der Waals surface area contributed by atoms with E-state index >= 15 is 0 Å². The minimum Gasteiger partial charge on any atom is -0.394 e. The zero-order valence-corrected chi connectivity index (χ0v) is 13.0. The number of nitrogens with zero attached hydrogens (tertiary/aromatic N) is 3. The summed E-state index contributed by atoms with van der Waals surface area (Å²) >= 11 is 0. The van der Waals surface area contributed by atoms with Crippen LogP contribution < -0.4 is 5.32 Å². The summed E-state index contributed by atoms with van der Waals surface area (Å²) in [5, 5.41) is 29.5. The number of hydrogen-bond donors (Lipinski definition) is 4. The SMILES string of the molecule is COCCOC1C(O)C(CO)OC1N1C=NC2C(=O)NC(=N)N=C21. The first-order valence-electron chi connectivity index (χ1n) is 7.41. The van der Waals surface area contributed by atoms with Crippen molar-refractivity contribution in [1.82, 2.24) is 10.2 Å². The first-order chi connectivity index (χ1) is 11.6. The van der Waals surface area contributed by atoms with Crippen molar-refractivity contribution in [2.75, 3.05) is 26.9 Å². The Morgan fingerprint density at radius 2 is 2.29 bits per heavy atom. The monoisotopic (exact) mass is 341 g/mol. The van der Waals surface area contributed by atoms with Gasteiger partial charge >= 0.3 is 0 Å². The topological polar surface area (TPSA) is 149 Å². The quantitative estimate of drug-likeness (QED) is 0.383. The molecule has 0 aromatic rings. The van der Waals surface area contributed by atoms with Crippen LogP contribution in [0.5, 0.6) is 0 Å². The van der Waals surface area contributed by atoms with Gasteiger partial charge in [-0.3, -0.25) is 25.4 Å². The van der Waals surface area contributed by atoms with Gasteiger partial charge in [0.15, 0.2) is 18.1 Å². The van der Waals surface area contributed by atoms with Crippen LogP contribution in [-0.4, -0.2) is 96.7 Å². The summed E-state index contributed by atoms with van der Waals surface area (Å²) in [7, 11) is 1.53. The van der Waals surface area contributed by atoms with E-state index in [-0.39, 0.29) is 25.0 Å². The van der Waals surface area contributed by atoms with Gasteiger partial charge in [0.05, 0.1) is 26.2 Å². The Balaban J connectivity index is 1.82. The lowest BCUT2D eigenvalue weighted by molar-refractivity contribution is -0.119. The lowest BCUT2D eigenvalue weighted by atomic mass is 10.1. The van der Waals surface area contributed by atoms with Crippen LogP contribution in [0.2, 0.25) is 0 Å². The Morgan fingerprint density at radius 3 is 3.00 bits per heavy atom. The van der Waals surface area contributed by atoms with E-state index in [0.717, 1.165) is 0 Å². The van der Waals surface area contributed by atoms with E-state index in [4.69, 9.17) is 19.6 Å². The number of carbonyl (C=O) groups is 1. The van der Waals surface area contributed by atoms with Crippen LogP contribution in [0.4, 0.5) is 0 Å². The van der Waals surface area contributed by atoms with Crippen LogP contribution in [0, 0.1) is 5.41 Å². The van der Waals surface area contributed by atoms with Crippen molar-refractivity contribution in [2.24, 2.45) is 9.98 Å². The summed E-state index contributed by atoms with van der Waals surface area (Å²) in [5.74, 6) is -0.534. The molecule has 0 bridgehead atoms. The molecular formula is C13H19N5O6. The zero-order valence-electron chi connectivity index (χ0n) is 13.0. The predicted molar refractivity (Wildman–Crippen MR) is 80.8 cm³/mol. The Morgan fingerprint density at radius 1 is 1.50 bits per heavy atom. The fraction of sp³-hybridized carbons (Fsp3) is 0.692. The van der Waals surface area contributed by atoms with Gasteiger partial charge in [0.1, 0.15) is 18.3 Å². The fourth-order valence-electron chi connectivity index (χ4n) is 2.77. The normalized spacial score (nSPS) is 35.2. The Labute approximate surface area is 137 Å². The molecule has 0 aliphatic carbocycles. The van der Waals surface area contributed by atoms with E-state index in [0.29, 0.717) is 6.61 Å². The summed E-state index contributed by atoms with van der Waals surface area (Å²) in [6.45, 7) is 0.150. The molecule has 11 nitrogen and oxygen atoms in total. The highest BCUT2D eigenvalue weighted by Gasteiger charge is 2.50. The largest absolute Gasteiger partial charge is 0.394 e. The number of amides is 1. The van der Waals surface area contributed by atoms with Gasteiger partial charge in [-0.2, -0.15) is 4.99 Å². The van der Waals surface area contributed by atoms with Crippen LogP contribution in [0.1, 0.15) is 0 Å². The highest BCUT2D eigenvalue weighted by Crippen LogP contribution is 2.29. The summed E-state index contributed by atoms with van der Waals surface area (Å²) in [5.41, 5.74) is 0. The molecule has 0 radical (unpaired) electrons. The first-order valence-corrected chi connectivity index (χ1v) is 7.41. The standard InChI is InChI=1S/C13H19N5O6/c1-22-2-3-23-9-8(20)6(4-19)24-12(9)18-5-15-7-10(18)16-13(14)17-11(7)21/h5-9,12,19-20H,2-4H2,1H3,(H2,14,17,21). The molecule has 0 saturated carbocycles. The van der Waals surface area contributed by atoms with E-state index in [2.05, 4.69) is 15.3 Å². The Bertz CT molecular complexity index is 581. The molecule has 11 heteroatoms. The third-order valence-corrected chi connectivity index (χ3v) is 3.93. The third kappa shape index (κ3) is 2.91. The van der Waals surface area contributed by atoms with Crippen molar-refractivity contribution >= 4 is 24.0 Å². The molecule has 4 N–H and O–H groups in total. The van der Waals surface area contributed by atoms with Gasteiger partial charge in [0.2, 0.25) is 5.96 Å². The number of methoxy groups -OCH3 is 1. The molecule has 1 fully saturated rings. The molecule has 3 rings (SSSR count). The van der Waals surface area contributed by atoms with E-state index in [1.807, 2.05) is 0 Å². The highest BCUT2D eigenvalue weighted by atomic mass is 16.6. The van der Waals surface area contributed by atoms with Crippen molar-refractivity contribution in [3.05, 3.63) is 0 Å². The van der Waals surface area contributed by atoms with Gasteiger partial charge < -0.3 is 24.4 Å². The number of aliphatic imine (C=N–C) groups is 2. The number of aliphatic hydroxyl groups excluding tert-OH is 2. The van der Waals surface area contributed by atoms with Gasteiger partial charge in [-0.05, 0) is 0 Å². The number of rotatable bonds is 6. The molecule has 24 heavy (non-hydrogen) atoms. The van der Waals surface area contributed by atoms with Crippen LogP contribution in [0.3, 0.4) is 0 Å². The molecular weight excluding hydrogens is 322 g/mol. The number of guanidine groups is 1. The van der Waals surface area contributed by atoms with Crippen LogP contribution >= 0.6 is 0 Å². The second-order valence-electron chi connectivity index (χ2n) is 5.45. The zero-order chi connectivity index (χ0) is 17.3. The van der Waals surface area contributed by atoms with Crippen LogP contribution in [-0.2, 0) is 19.0 Å². The molecule has 5 unspecified atom stereocenters. The number of nitrogens with one attached hydrogen (secondary N) is 2. The maximum absolute atomic E-state index is 11.9. The molecule has 3 aliphatic rings. The maximum atomic E-state index is 11.9. The van der Waals surface area contributed by atoms with Crippen molar-refractivity contribution < 1.29 is 29.2 Å². The lowest BCUT2D eigenvalue weighted by Crippen LogP contribution is -2.53. The van der Waals surface area contributed by atoms with Gasteiger partial charge in [-0.25, -0.2) is 0 Å². The highest BCUT2D eigenvalue weighted by molar-refractivity contribution is 6.23. The van der Waals surface area contributed by atoms with Crippen molar-refractivity contribution in [2.45, 2.75) is 30.6 Å².